The van der Waals surface area contributed by atoms with E-state index in [0.717, 1.165) is 16.7 Å². The minimum Gasteiger partial charge on any atom is -0.355 e. The SMILES string of the molecule is CCNC(=O)[C@H](CC)N(Cc1ccc(C)cc1)C(=O)CSCc1ccc([N+](=O)[O-])cc1. The number of rotatable bonds is 11. The Morgan fingerprint density at radius 3 is 2.23 bits per heavy atom. The number of likely N-dealkylation sites (N-methyl/N-ethyl adjacent to an activating group) is 1. The van der Waals surface area contributed by atoms with E-state index in [-0.39, 0.29) is 23.3 Å². The van der Waals surface area contributed by atoms with Crippen molar-refractivity contribution in [2.24, 2.45) is 0 Å². The monoisotopic (exact) mass is 443 g/mol. The summed E-state index contributed by atoms with van der Waals surface area (Å²) in [6.07, 6.45) is 0.524. The molecular weight excluding hydrogens is 414 g/mol. The molecule has 0 bridgehead atoms. The Labute approximate surface area is 187 Å². The van der Waals surface area contributed by atoms with E-state index < -0.39 is 11.0 Å². The second-order valence-electron chi connectivity index (χ2n) is 7.24. The molecule has 0 radical (unpaired) electrons. The van der Waals surface area contributed by atoms with Crippen LogP contribution in [0.1, 0.15) is 37.0 Å². The summed E-state index contributed by atoms with van der Waals surface area (Å²) >= 11 is 1.43. The van der Waals surface area contributed by atoms with E-state index in [0.29, 0.717) is 25.3 Å². The van der Waals surface area contributed by atoms with Crippen molar-refractivity contribution >= 4 is 29.3 Å². The molecule has 0 unspecified atom stereocenters. The van der Waals surface area contributed by atoms with Crippen molar-refractivity contribution in [3.63, 3.8) is 0 Å². The fraction of sp³-hybridized carbons (Fsp3) is 0.391. The fourth-order valence-electron chi connectivity index (χ4n) is 3.15. The maximum absolute atomic E-state index is 13.1. The molecule has 0 aliphatic heterocycles. The zero-order valence-electron chi connectivity index (χ0n) is 18.2. The number of nitro groups is 1. The Hall–Kier alpha value is -2.87. The van der Waals surface area contributed by atoms with E-state index in [9.17, 15) is 19.7 Å². The zero-order valence-corrected chi connectivity index (χ0v) is 19.0. The molecule has 2 aromatic carbocycles. The van der Waals surface area contributed by atoms with Crippen LogP contribution in [0.25, 0.3) is 0 Å². The first-order valence-corrected chi connectivity index (χ1v) is 11.4. The van der Waals surface area contributed by atoms with E-state index in [1.807, 2.05) is 45.0 Å². The Balaban J connectivity index is 2.07. The predicted octanol–water partition coefficient (Wildman–Crippen LogP) is 4.08. The topological polar surface area (TPSA) is 92.6 Å². The minimum atomic E-state index is -0.534. The standard InChI is InChI=1S/C23H29N3O4S/c1-4-21(23(28)24-5-2)25(14-18-8-6-17(3)7-9-18)22(27)16-31-15-19-10-12-20(13-11-19)26(29)30/h6-13,21H,4-5,14-16H2,1-3H3,(H,24,28)/t21-/m0/s1. The normalized spacial score (nSPS) is 11.6. The second kappa shape index (κ2) is 12.1. The molecule has 2 aromatic rings. The van der Waals surface area contributed by atoms with Crippen molar-refractivity contribution in [3.8, 4) is 0 Å². The van der Waals surface area contributed by atoms with Crippen molar-refractivity contribution in [2.75, 3.05) is 12.3 Å². The van der Waals surface area contributed by atoms with Crippen LogP contribution in [-0.2, 0) is 21.9 Å². The maximum atomic E-state index is 13.1. The molecule has 2 rings (SSSR count). The Morgan fingerprint density at radius 1 is 1.06 bits per heavy atom. The summed E-state index contributed by atoms with van der Waals surface area (Å²) in [6, 6.07) is 13.7. The second-order valence-corrected chi connectivity index (χ2v) is 8.23. The number of carbonyl (C=O) groups is 2. The molecule has 2 amide bonds. The molecule has 0 saturated heterocycles. The van der Waals surface area contributed by atoms with Crippen LogP contribution in [0.15, 0.2) is 48.5 Å². The van der Waals surface area contributed by atoms with E-state index >= 15 is 0 Å². The molecule has 1 atom stereocenters. The highest BCUT2D eigenvalue weighted by Crippen LogP contribution is 2.19. The summed E-state index contributed by atoms with van der Waals surface area (Å²) in [7, 11) is 0. The van der Waals surface area contributed by atoms with Crippen LogP contribution < -0.4 is 5.32 Å². The molecule has 0 saturated carbocycles. The van der Waals surface area contributed by atoms with Gasteiger partial charge < -0.3 is 10.2 Å². The van der Waals surface area contributed by atoms with Gasteiger partial charge in [0.1, 0.15) is 6.04 Å². The molecule has 0 fully saturated rings. The van der Waals surface area contributed by atoms with Gasteiger partial charge in [0.15, 0.2) is 0 Å². The van der Waals surface area contributed by atoms with Crippen molar-refractivity contribution in [1.82, 2.24) is 10.2 Å². The summed E-state index contributed by atoms with van der Waals surface area (Å²) in [6.45, 7) is 6.64. The van der Waals surface area contributed by atoms with Gasteiger partial charge in [-0.15, -0.1) is 11.8 Å². The summed E-state index contributed by atoms with van der Waals surface area (Å²) in [5.74, 6) is 0.523. The number of nitrogens with zero attached hydrogens (tertiary/aromatic N) is 2. The van der Waals surface area contributed by atoms with Gasteiger partial charge in [-0.3, -0.25) is 19.7 Å². The predicted molar refractivity (Wildman–Crippen MR) is 124 cm³/mol. The number of carbonyl (C=O) groups excluding carboxylic acids is 2. The van der Waals surface area contributed by atoms with E-state index in [4.69, 9.17) is 0 Å². The van der Waals surface area contributed by atoms with Crippen molar-refractivity contribution in [2.45, 2.75) is 45.5 Å². The Kier molecular flexibility index (Phi) is 9.52. The molecule has 166 valence electrons. The molecule has 31 heavy (non-hydrogen) atoms. The molecule has 0 aromatic heterocycles. The quantitative estimate of drug-likeness (QED) is 0.417. The lowest BCUT2D eigenvalue weighted by Gasteiger charge is -2.30. The van der Waals surface area contributed by atoms with Gasteiger partial charge in [-0.2, -0.15) is 0 Å². The first-order valence-electron chi connectivity index (χ1n) is 10.3. The highest BCUT2D eigenvalue weighted by atomic mass is 32.2. The van der Waals surface area contributed by atoms with E-state index in [1.54, 1.807) is 17.0 Å². The lowest BCUT2D eigenvalue weighted by Crippen LogP contribution is -2.49. The minimum absolute atomic E-state index is 0.0434. The van der Waals surface area contributed by atoms with Crippen LogP contribution >= 0.6 is 11.8 Å². The van der Waals surface area contributed by atoms with Gasteiger partial charge >= 0.3 is 0 Å². The molecule has 0 spiro atoms. The average Bonchev–Trinajstić information content (AvgIpc) is 2.75. The molecule has 1 N–H and O–H groups in total. The van der Waals surface area contributed by atoms with E-state index in [1.165, 1.54) is 23.9 Å². The van der Waals surface area contributed by atoms with Gasteiger partial charge in [0, 0.05) is 31.0 Å². The van der Waals surface area contributed by atoms with Gasteiger partial charge in [-0.25, -0.2) is 0 Å². The Bertz CT molecular complexity index is 885. The number of amides is 2. The van der Waals surface area contributed by atoms with Gasteiger partial charge in [-0.1, -0.05) is 48.9 Å². The van der Waals surface area contributed by atoms with Crippen LogP contribution in [0.2, 0.25) is 0 Å². The van der Waals surface area contributed by atoms with Crippen LogP contribution in [-0.4, -0.2) is 40.0 Å². The number of hydrogen-bond acceptors (Lipinski definition) is 5. The van der Waals surface area contributed by atoms with E-state index in [2.05, 4.69) is 5.32 Å². The number of benzene rings is 2. The van der Waals surface area contributed by atoms with Gasteiger partial charge in [0.2, 0.25) is 11.8 Å². The highest BCUT2D eigenvalue weighted by molar-refractivity contribution is 7.99. The first-order chi connectivity index (χ1) is 14.8. The van der Waals surface area contributed by atoms with Crippen LogP contribution in [0.4, 0.5) is 5.69 Å². The van der Waals surface area contributed by atoms with Crippen molar-refractivity contribution < 1.29 is 14.5 Å². The summed E-state index contributed by atoms with van der Waals surface area (Å²) < 4.78 is 0. The number of nitrogens with one attached hydrogen (secondary N) is 1. The number of non-ortho nitro benzene ring substituents is 1. The third-order valence-electron chi connectivity index (χ3n) is 4.85. The van der Waals surface area contributed by atoms with Gasteiger partial charge in [-0.05, 0) is 31.4 Å². The molecular formula is C23H29N3O4S. The molecule has 8 heteroatoms. The smallest absolute Gasteiger partial charge is 0.269 e. The van der Waals surface area contributed by atoms with Crippen LogP contribution in [0.3, 0.4) is 0 Å². The molecule has 0 aliphatic rings. The summed E-state index contributed by atoms with van der Waals surface area (Å²) in [4.78, 5) is 37.7. The summed E-state index contributed by atoms with van der Waals surface area (Å²) in [5, 5.41) is 13.6. The fourth-order valence-corrected chi connectivity index (χ4v) is 4.03. The zero-order chi connectivity index (χ0) is 22.8. The third-order valence-corrected chi connectivity index (χ3v) is 5.84. The average molecular weight is 444 g/mol. The van der Waals surface area contributed by atoms with Crippen molar-refractivity contribution in [1.29, 1.82) is 0 Å². The lowest BCUT2D eigenvalue weighted by molar-refractivity contribution is -0.384. The molecule has 0 aliphatic carbocycles. The van der Waals surface area contributed by atoms with Crippen molar-refractivity contribution in [3.05, 3.63) is 75.3 Å². The number of hydrogen-bond donors (Lipinski definition) is 1. The third kappa shape index (κ3) is 7.40. The van der Waals surface area contributed by atoms with Gasteiger partial charge in [0.05, 0.1) is 10.7 Å². The Morgan fingerprint density at radius 2 is 1.68 bits per heavy atom. The molecule has 7 nitrogen and oxygen atoms in total. The summed E-state index contributed by atoms with van der Waals surface area (Å²) in [5.41, 5.74) is 3.06. The molecule has 0 heterocycles. The maximum Gasteiger partial charge on any atom is 0.269 e. The van der Waals surface area contributed by atoms with Crippen LogP contribution in [0.5, 0.6) is 0 Å². The van der Waals surface area contributed by atoms with Gasteiger partial charge in [0.25, 0.3) is 5.69 Å². The lowest BCUT2D eigenvalue weighted by atomic mass is 10.1. The largest absolute Gasteiger partial charge is 0.355 e. The number of aryl methyl sites for hydroxylation is 1. The number of thioether (sulfide) groups is 1. The highest BCUT2D eigenvalue weighted by Gasteiger charge is 2.28. The number of nitro benzene ring substituents is 1. The first kappa shape index (κ1) is 24.4. The van der Waals surface area contributed by atoms with Crippen LogP contribution in [0, 0.1) is 17.0 Å².